The molecule has 0 aliphatic rings. The first-order valence-corrected chi connectivity index (χ1v) is 5.90. The molecule has 0 spiro atoms. The van der Waals surface area contributed by atoms with Gasteiger partial charge in [0, 0.05) is 11.6 Å². The highest BCUT2D eigenvalue weighted by Crippen LogP contribution is 2.24. The van der Waals surface area contributed by atoms with Crippen LogP contribution in [0.1, 0.15) is 5.56 Å². The van der Waals surface area contributed by atoms with Crippen molar-refractivity contribution in [3.05, 3.63) is 66.4 Å². The SMILES string of the molecule is Cc1ccc(Oc2ccc3ncccc3c2)cc1. The van der Waals surface area contributed by atoms with E-state index in [-0.39, 0.29) is 0 Å². The van der Waals surface area contributed by atoms with Gasteiger partial charge in [-0.25, -0.2) is 0 Å². The number of rotatable bonds is 2. The first-order valence-electron chi connectivity index (χ1n) is 5.90. The van der Waals surface area contributed by atoms with Gasteiger partial charge < -0.3 is 4.74 Å². The lowest BCUT2D eigenvalue weighted by atomic mass is 10.2. The molecule has 2 nitrogen and oxygen atoms in total. The number of nitrogens with zero attached hydrogens (tertiary/aromatic N) is 1. The molecule has 0 aliphatic carbocycles. The summed E-state index contributed by atoms with van der Waals surface area (Å²) in [5.41, 5.74) is 2.21. The quantitative estimate of drug-likeness (QED) is 0.659. The molecule has 3 rings (SSSR count). The Morgan fingerprint density at radius 1 is 0.889 bits per heavy atom. The molecule has 0 saturated heterocycles. The summed E-state index contributed by atoms with van der Waals surface area (Å²) < 4.78 is 5.81. The monoisotopic (exact) mass is 235 g/mol. The van der Waals surface area contributed by atoms with Crippen LogP contribution in [-0.2, 0) is 0 Å². The van der Waals surface area contributed by atoms with Gasteiger partial charge in [-0.2, -0.15) is 0 Å². The van der Waals surface area contributed by atoms with Crippen LogP contribution in [0.5, 0.6) is 11.5 Å². The molecule has 3 aromatic rings. The van der Waals surface area contributed by atoms with Crippen LogP contribution in [-0.4, -0.2) is 4.98 Å². The molecule has 0 unspecified atom stereocenters. The van der Waals surface area contributed by atoms with Crippen molar-refractivity contribution in [1.82, 2.24) is 4.98 Å². The smallest absolute Gasteiger partial charge is 0.128 e. The normalized spacial score (nSPS) is 10.5. The van der Waals surface area contributed by atoms with Gasteiger partial charge in [0.05, 0.1) is 5.52 Å². The maximum absolute atomic E-state index is 5.81. The first kappa shape index (κ1) is 10.8. The number of pyridine rings is 1. The van der Waals surface area contributed by atoms with Crippen LogP contribution in [0.4, 0.5) is 0 Å². The van der Waals surface area contributed by atoms with Gasteiger partial charge in [-0.1, -0.05) is 23.8 Å². The third-order valence-electron chi connectivity index (χ3n) is 2.83. The van der Waals surface area contributed by atoms with Crippen molar-refractivity contribution in [3.63, 3.8) is 0 Å². The van der Waals surface area contributed by atoms with E-state index in [1.807, 2.05) is 54.6 Å². The predicted octanol–water partition coefficient (Wildman–Crippen LogP) is 4.34. The van der Waals surface area contributed by atoms with E-state index >= 15 is 0 Å². The fourth-order valence-corrected chi connectivity index (χ4v) is 1.86. The Labute approximate surface area is 106 Å². The highest BCUT2D eigenvalue weighted by Gasteiger charge is 1.99. The minimum Gasteiger partial charge on any atom is -0.457 e. The van der Waals surface area contributed by atoms with Crippen molar-refractivity contribution in [2.45, 2.75) is 6.92 Å². The topological polar surface area (TPSA) is 22.1 Å². The first-order chi connectivity index (χ1) is 8.81. The summed E-state index contributed by atoms with van der Waals surface area (Å²) in [7, 11) is 0. The average Bonchev–Trinajstić information content (AvgIpc) is 2.41. The Bertz CT molecular complexity index is 674. The summed E-state index contributed by atoms with van der Waals surface area (Å²) in [6.45, 7) is 2.06. The third kappa shape index (κ3) is 2.18. The van der Waals surface area contributed by atoms with Crippen molar-refractivity contribution in [3.8, 4) is 11.5 Å². The largest absolute Gasteiger partial charge is 0.457 e. The Kier molecular flexibility index (Phi) is 2.69. The number of aromatic nitrogens is 1. The van der Waals surface area contributed by atoms with Crippen LogP contribution in [0.3, 0.4) is 0 Å². The summed E-state index contributed by atoms with van der Waals surface area (Å²) in [4.78, 5) is 4.29. The zero-order valence-corrected chi connectivity index (χ0v) is 10.1. The average molecular weight is 235 g/mol. The molecular formula is C16H13NO. The summed E-state index contributed by atoms with van der Waals surface area (Å²) in [5.74, 6) is 1.68. The van der Waals surface area contributed by atoms with Crippen LogP contribution in [0.25, 0.3) is 10.9 Å². The minimum atomic E-state index is 0.833. The fraction of sp³-hybridized carbons (Fsp3) is 0.0625. The molecule has 18 heavy (non-hydrogen) atoms. The van der Waals surface area contributed by atoms with E-state index < -0.39 is 0 Å². The lowest BCUT2D eigenvalue weighted by Crippen LogP contribution is -1.85. The molecule has 1 aromatic heterocycles. The second-order valence-electron chi connectivity index (χ2n) is 4.27. The van der Waals surface area contributed by atoms with E-state index in [0.29, 0.717) is 0 Å². The number of fused-ring (bicyclic) bond motifs is 1. The fourth-order valence-electron chi connectivity index (χ4n) is 1.86. The van der Waals surface area contributed by atoms with Gasteiger partial charge in [-0.15, -0.1) is 0 Å². The molecule has 0 radical (unpaired) electrons. The second-order valence-corrected chi connectivity index (χ2v) is 4.27. The highest BCUT2D eigenvalue weighted by molar-refractivity contribution is 5.79. The molecule has 0 amide bonds. The van der Waals surface area contributed by atoms with Gasteiger partial charge in [0.15, 0.2) is 0 Å². The molecular weight excluding hydrogens is 222 g/mol. The number of hydrogen-bond acceptors (Lipinski definition) is 2. The van der Waals surface area contributed by atoms with E-state index in [1.165, 1.54) is 5.56 Å². The van der Waals surface area contributed by atoms with Gasteiger partial charge in [0.25, 0.3) is 0 Å². The van der Waals surface area contributed by atoms with Gasteiger partial charge in [-0.3, -0.25) is 4.98 Å². The molecule has 0 bridgehead atoms. The molecule has 2 heteroatoms. The lowest BCUT2D eigenvalue weighted by Gasteiger charge is -2.06. The highest BCUT2D eigenvalue weighted by atomic mass is 16.5. The van der Waals surface area contributed by atoms with Crippen molar-refractivity contribution in [2.24, 2.45) is 0 Å². The van der Waals surface area contributed by atoms with Crippen molar-refractivity contribution >= 4 is 10.9 Å². The van der Waals surface area contributed by atoms with E-state index in [1.54, 1.807) is 6.20 Å². The van der Waals surface area contributed by atoms with Crippen molar-refractivity contribution < 1.29 is 4.74 Å². The lowest BCUT2D eigenvalue weighted by molar-refractivity contribution is 0.483. The number of hydrogen-bond donors (Lipinski definition) is 0. The van der Waals surface area contributed by atoms with E-state index in [0.717, 1.165) is 22.4 Å². The zero-order valence-electron chi connectivity index (χ0n) is 10.1. The number of ether oxygens (including phenoxy) is 1. The second kappa shape index (κ2) is 4.49. The van der Waals surface area contributed by atoms with Gasteiger partial charge in [-0.05, 0) is 43.3 Å². The standard InChI is InChI=1S/C16H13NO/c1-12-4-6-14(7-5-12)18-15-8-9-16-13(11-15)3-2-10-17-16/h2-11H,1H3. The molecule has 0 fully saturated rings. The van der Waals surface area contributed by atoms with Crippen molar-refractivity contribution in [2.75, 3.05) is 0 Å². The van der Waals surface area contributed by atoms with Crippen LogP contribution < -0.4 is 4.74 Å². The summed E-state index contributed by atoms with van der Waals surface area (Å²) in [5, 5.41) is 1.09. The molecule has 0 N–H and O–H groups in total. The third-order valence-corrected chi connectivity index (χ3v) is 2.83. The zero-order chi connectivity index (χ0) is 12.4. The van der Waals surface area contributed by atoms with Crippen LogP contribution in [0.15, 0.2) is 60.8 Å². The van der Waals surface area contributed by atoms with Crippen molar-refractivity contribution in [1.29, 1.82) is 0 Å². The van der Waals surface area contributed by atoms with Crippen LogP contribution >= 0.6 is 0 Å². The Morgan fingerprint density at radius 2 is 1.67 bits per heavy atom. The Balaban J connectivity index is 1.92. The minimum absolute atomic E-state index is 0.833. The Hall–Kier alpha value is -2.35. The molecule has 0 atom stereocenters. The van der Waals surface area contributed by atoms with Crippen LogP contribution in [0, 0.1) is 6.92 Å². The summed E-state index contributed by atoms with van der Waals surface area (Å²) >= 11 is 0. The maximum atomic E-state index is 5.81. The van der Waals surface area contributed by atoms with E-state index in [4.69, 9.17) is 4.74 Å². The molecule has 1 heterocycles. The van der Waals surface area contributed by atoms with Gasteiger partial charge >= 0.3 is 0 Å². The molecule has 0 aliphatic heterocycles. The molecule has 2 aromatic carbocycles. The maximum Gasteiger partial charge on any atom is 0.128 e. The molecule has 0 saturated carbocycles. The summed E-state index contributed by atoms with van der Waals surface area (Å²) in [6.07, 6.45) is 1.79. The van der Waals surface area contributed by atoms with Gasteiger partial charge in [0.1, 0.15) is 11.5 Å². The molecule has 88 valence electrons. The Morgan fingerprint density at radius 3 is 2.50 bits per heavy atom. The summed E-state index contributed by atoms with van der Waals surface area (Å²) in [6, 6.07) is 17.9. The van der Waals surface area contributed by atoms with E-state index in [2.05, 4.69) is 11.9 Å². The van der Waals surface area contributed by atoms with E-state index in [9.17, 15) is 0 Å². The predicted molar refractivity (Wildman–Crippen MR) is 73.0 cm³/mol. The van der Waals surface area contributed by atoms with Crippen LogP contribution in [0.2, 0.25) is 0 Å². The number of aryl methyl sites for hydroxylation is 1. The van der Waals surface area contributed by atoms with Gasteiger partial charge in [0.2, 0.25) is 0 Å². The number of benzene rings is 2.